The quantitative estimate of drug-likeness (QED) is 0.718. The smallest absolute Gasteiger partial charge is 0.255 e. The molecular weight excluding hydrogens is 324 g/mol. The van der Waals surface area contributed by atoms with Crippen LogP contribution in [0.4, 0.5) is 17.3 Å². The number of carbonyl (C=O) groups is 1. The zero-order valence-corrected chi connectivity index (χ0v) is 15.4. The van der Waals surface area contributed by atoms with Crippen molar-refractivity contribution in [3.05, 3.63) is 76.6 Å². The molecule has 0 aliphatic carbocycles. The molecule has 2 N–H and O–H groups in total. The van der Waals surface area contributed by atoms with Crippen molar-refractivity contribution in [2.45, 2.75) is 27.7 Å². The summed E-state index contributed by atoms with van der Waals surface area (Å²) in [7, 11) is 0. The van der Waals surface area contributed by atoms with Crippen LogP contribution in [0.1, 0.15) is 32.9 Å². The van der Waals surface area contributed by atoms with Crippen LogP contribution in [0.5, 0.6) is 0 Å². The molecule has 0 saturated heterocycles. The number of hydrogen-bond donors (Lipinski definition) is 2. The normalized spacial score (nSPS) is 10.5. The standard InChI is InChI=1S/C21H22N4O/c1-13-5-6-14(2)19(11-13)25-20(26)17-7-9-18(10-8-17)24-21-22-15(3)12-16(4)23-21/h5-12H,1-4H3,(H,25,26)(H,22,23,24). The first-order valence-electron chi connectivity index (χ1n) is 8.49. The average Bonchev–Trinajstić information content (AvgIpc) is 2.58. The largest absolute Gasteiger partial charge is 0.324 e. The second-order valence-corrected chi connectivity index (χ2v) is 6.45. The number of carbonyl (C=O) groups excluding carboxylic acids is 1. The Labute approximate surface area is 153 Å². The van der Waals surface area contributed by atoms with Crippen LogP contribution in [0.15, 0.2) is 48.5 Å². The minimum absolute atomic E-state index is 0.132. The van der Waals surface area contributed by atoms with E-state index >= 15 is 0 Å². The van der Waals surface area contributed by atoms with Crippen LogP contribution < -0.4 is 10.6 Å². The molecule has 0 saturated carbocycles. The second kappa shape index (κ2) is 7.35. The fourth-order valence-electron chi connectivity index (χ4n) is 2.68. The van der Waals surface area contributed by atoms with E-state index in [0.717, 1.165) is 33.9 Å². The van der Waals surface area contributed by atoms with Gasteiger partial charge in [-0.3, -0.25) is 4.79 Å². The average molecular weight is 346 g/mol. The van der Waals surface area contributed by atoms with Gasteiger partial charge in [-0.1, -0.05) is 12.1 Å². The van der Waals surface area contributed by atoms with Crippen LogP contribution in [-0.4, -0.2) is 15.9 Å². The fraction of sp³-hybridized carbons (Fsp3) is 0.190. The maximum absolute atomic E-state index is 12.5. The molecule has 5 nitrogen and oxygen atoms in total. The third kappa shape index (κ3) is 4.25. The summed E-state index contributed by atoms with van der Waals surface area (Å²) >= 11 is 0. The van der Waals surface area contributed by atoms with Crippen LogP contribution in [0, 0.1) is 27.7 Å². The van der Waals surface area contributed by atoms with Gasteiger partial charge in [0.15, 0.2) is 0 Å². The van der Waals surface area contributed by atoms with Crippen LogP contribution in [0.25, 0.3) is 0 Å². The van der Waals surface area contributed by atoms with Gasteiger partial charge < -0.3 is 10.6 Å². The molecule has 0 unspecified atom stereocenters. The predicted molar refractivity (Wildman–Crippen MR) is 105 cm³/mol. The number of nitrogens with zero attached hydrogens (tertiary/aromatic N) is 2. The first-order chi connectivity index (χ1) is 12.4. The van der Waals surface area contributed by atoms with E-state index in [-0.39, 0.29) is 5.91 Å². The minimum atomic E-state index is -0.132. The molecule has 0 spiro atoms. The van der Waals surface area contributed by atoms with E-state index < -0.39 is 0 Å². The van der Waals surface area contributed by atoms with Crippen molar-refractivity contribution in [2.24, 2.45) is 0 Å². The van der Waals surface area contributed by atoms with Gasteiger partial charge >= 0.3 is 0 Å². The molecule has 1 amide bonds. The molecule has 0 fully saturated rings. The maximum atomic E-state index is 12.5. The highest BCUT2D eigenvalue weighted by Crippen LogP contribution is 2.19. The Morgan fingerprint density at radius 1 is 0.846 bits per heavy atom. The van der Waals surface area contributed by atoms with Gasteiger partial charge in [0.1, 0.15) is 0 Å². The monoisotopic (exact) mass is 346 g/mol. The van der Waals surface area contributed by atoms with E-state index in [1.807, 2.05) is 64.1 Å². The highest BCUT2D eigenvalue weighted by molar-refractivity contribution is 6.04. The molecule has 5 heteroatoms. The van der Waals surface area contributed by atoms with Crippen LogP contribution in [0.2, 0.25) is 0 Å². The number of benzene rings is 2. The summed E-state index contributed by atoms with van der Waals surface area (Å²) in [6.45, 7) is 7.84. The lowest BCUT2D eigenvalue weighted by Gasteiger charge is -2.10. The van der Waals surface area contributed by atoms with Gasteiger partial charge in [0, 0.05) is 28.3 Å². The summed E-state index contributed by atoms with van der Waals surface area (Å²) in [6.07, 6.45) is 0. The third-order valence-electron chi connectivity index (χ3n) is 4.03. The molecule has 3 rings (SSSR count). The van der Waals surface area contributed by atoms with Crippen molar-refractivity contribution >= 4 is 23.2 Å². The predicted octanol–water partition coefficient (Wildman–Crippen LogP) is 4.71. The number of anilines is 3. The van der Waals surface area contributed by atoms with E-state index in [9.17, 15) is 4.79 Å². The summed E-state index contributed by atoms with van der Waals surface area (Å²) in [5, 5.41) is 6.13. The first-order valence-corrected chi connectivity index (χ1v) is 8.49. The lowest BCUT2D eigenvalue weighted by molar-refractivity contribution is 0.102. The Morgan fingerprint density at radius 2 is 1.50 bits per heavy atom. The SMILES string of the molecule is Cc1ccc(C)c(NC(=O)c2ccc(Nc3nc(C)cc(C)n3)cc2)c1. The molecule has 2 aromatic carbocycles. The zero-order valence-electron chi connectivity index (χ0n) is 15.4. The molecule has 1 aromatic heterocycles. The van der Waals surface area contributed by atoms with E-state index in [4.69, 9.17) is 0 Å². The highest BCUT2D eigenvalue weighted by Gasteiger charge is 2.08. The lowest BCUT2D eigenvalue weighted by atomic mass is 10.1. The van der Waals surface area contributed by atoms with Gasteiger partial charge in [-0.05, 0) is 75.2 Å². The molecule has 26 heavy (non-hydrogen) atoms. The summed E-state index contributed by atoms with van der Waals surface area (Å²) in [4.78, 5) is 21.2. The van der Waals surface area contributed by atoms with Crippen molar-refractivity contribution in [1.29, 1.82) is 0 Å². The van der Waals surface area contributed by atoms with Gasteiger partial charge in [0.25, 0.3) is 5.91 Å². The molecule has 3 aromatic rings. The van der Waals surface area contributed by atoms with Gasteiger partial charge in [0.05, 0.1) is 0 Å². The number of aromatic nitrogens is 2. The topological polar surface area (TPSA) is 66.9 Å². The van der Waals surface area contributed by atoms with Crippen LogP contribution in [0.3, 0.4) is 0 Å². The molecular formula is C21H22N4O. The lowest BCUT2D eigenvalue weighted by Crippen LogP contribution is -2.12. The number of aryl methyl sites for hydroxylation is 4. The molecule has 0 aliphatic heterocycles. The van der Waals surface area contributed by atoms with Crippen molar-refractivity contribution in [2.75, 3.05) is 10.6 Å². The summed E-state index contributed by atoms with van der Waals surface area (Å²) in [5.74, 6) is 0.419. The van der Waals surface area contributed by atoms with Gasteiger partial charge in [-0.2, -0.15) is 0 Å². The molecule has 0 radical (unpaired) electrons. The molecule has 1 heterocycles. The number of amides is 1. The zero-order chi connectivity index (χ0) is 18.7. The Bertz CT molecular complexity index is 928. The number of nitrogens with one attached hydrogen (secondary N) is 2. The summed E-state index contributed by atoms with van der Waals surface area (Å²) < 4.78 is 0. The van der Waals surface area contributed by atoms with E-state index in [1.54, 1.807) is 12.1 Å². The van der Waals surface area contributed by atoms with Gasteiger partial charge in [0.2, 0.25) is 5.95 Å². The molecule has 0 atom stereocenters. The third-order valence-corrected chi connectivity index (χ3v) is 4.03. The number of rotatable bonds is 4. The van der Waals surface area contributed by atoms with Crippen LogP contribution in [-0.2, 0) is 0 Å². The molecule has 132 valence electrons. The highest BCUT2D eigenvalue weighted by atomic mass is 16.1. The fourth-order valence-corrected chi connectivity index (χ4v) is 2.68. The van der Waals surface area contributed by atoms with Gasteiger partial charge in [-0.25, -0.2) is 9.97 Å². The van der Waals surface area contributed by atoms with Gasteiger partial charge in [-0.15, -0.1) is 0 Å². The maximum Gasteiger partial charge on any atom is 0.255 e. The molecule has 0 bridgehead atoms. The Balaban J connectivity index is 1.72. The first kappa shape index (κ1) is 17.6. The van der Waals surface area contributed by atoms with Crippen molar-refractivity contribution in [3.63, 3.8) is 0 Å². The van der Waals surface area contributed by atoms with E-state index in [0.29, 0.717) is 11.5 Å². The second-order valence-electron chi connectivity index (χ2n) is 6.45. The Hall–Kier alpha value is -3.21. The van der Waals surface area contributed by atoms with E-state index in [2.05, 4.69) is 20.6 Å². The molecule has 0 aliphatic rings. The van der Waals surface area contributed by atoms with Crippen molar-refractivity contribution in [3.8, 4) is 0 Å². The Morgan fingerprint density at radius 3 is 2.15 bits per heavy atom. The van der Waals surface area contributed by atoms with Crippen LogP contribution >= 0.6 is 0 Å². The van der Waals surface area contributed by atoms with Crippen molar-refractivity contribution < 1.29 is 4.79 Å². The number of hydrogen-bond acceptors (Lipinski definition) is 4. The van der Waals surface area contributed by atoms with Crippen molar-refractivity contribution in [1.82, 2.24) is 9.97 Å². The summed E-state index contributed by atoms with van der Waals surface area (Å²) in [6, 6.07) is 15.2. The minimum Gasteiger partial charge on any atom is -0.324 e. The summed E-state index contributed by atoms with van der Waals surface area (Å²) in [5.41, 5.74) is 6.22. The Kier molecular flexibility index (Phi) is 4.98. The van der Waals surface area contributed by atoms with E-state index in [1.165, 1.54) is 0 Å².